The van der Waals surface area contributed by atoms with Crippen LogP contribution in [0.1, 0.15) is 0 Å². The van der Waals surface area contributed by atoms with Crippen molar-refractivity contribution >= 4 is 40.1 Å². The van der Waals surface area contributed by atoms with Crippen molar-refractivity contribution in [1.29, 1.82) is 0 Å². The summed E-state index contributed by atoms with van der Waals surface area (Å²) >= 11 is 7.03. The summed E-state index contributed by atoms with van der Waals surface area (Å²) < 4.78 is 60.4. The first-order chi connectivity index (χ1) is 11.8. The van der Waals surface area contributed by atoms with Gasteiger partial charge in [-0.05, 0) is 24.1 Å². The van der Waals surface area contributed by atoms with E-state index in [1.807, 2.05) is 17.7 Å². The molecule has 0 unspecified atom stereocenters. The second kappa shape index (κ2) is 7.05. The van der Waals surface area contributed by atoms with Crippen LogP contribution in [0.4, 0.5) is 23.2 Å². The van der Waals surface area contributed by atoms with Gasteiger partial charge in [-0.3, -0.25) is 0 Å². The van der Waals surface area contributed by atoms with E-state index >= 15 is 0 Å². The first-order valence-corrected chi connectivity index (χ1v) is 8.16. The molecule has 0 amide bonds. The molecule has 0 saturated carbocycles. The first-order valence-electron chi connectivity index (χ1n) is 6.96. The molecule has 0 radical (unpaired) electrons. The molecular weight excluding hydrogens is 380 g/mol. The van der Waals surface area contributed by atoms with Gasteiger partial charge in [-0.25, -0.2) is 8.78 Å². The summed E-state index contributed by atoms with van der Waals surface area (Å²) in [7, 11) is 1.83. The van der Waals surface area contributed by atoms with Crippen LogP contribution in [0.2, 0.25) is 5.02 Å². The predicted molar refractivity (Wildman–Crippen MR) is 90.4 cm³/mol. The molecule has 0 saturated heterocycles. The van der Waals surface area contributed by atoms with Crippen LogP contribution in [-0.2, 0) is 7.05 Å². The van der Waals surface area contributed by atoms with Crippen LogP contribution in [0.5, 0.6) is 5.75 Å². The number of halogens is 5. The van der Waals surface area contributed by atoms with E-state index in [1.54, 1.807) is 18.3 Å². The Labute approximate surface area is 149 Å². The van der Waals surface area contributed by atoms with Gasteiger partial charge in [0.05, 0.1) is 16.1 Å². The van der Waals surface area contributed by atoms with Gasteiger partial charge in [0.15, 0.2) is 17.4 Å². The second-order valence-electron chi connectivity index (χ2n) is 5.11. The molecular formula is C16H11ClF4N2OS. The molecule has 0 aliphatic carbocycles. The highest BCUT2D eigenvalue weighted by atomic mass is 35.5. The van der Waals surface area contributed by atoms with E-state index in [4.69, 9.17) is 11.6 Å². The molecule has 1 aromatic heterocycles. The highest BCUT2D eigenvalue weighted by Crippen LogP contribution is 2.34. The number of alkyl halides is 2. The van der Waals surface area contributed by atoms with Crippen molar-refractivity contribution in [2.75, 3.05) is 4.72 Å². The Morgan fingerprint density at radius 3 is 2.64 bits per heavy atom. The number of benzene rings is 2. The molecule has 9 heteroatoms. The van der Waals surface area contributed by atoms with Crippen molar-refractivity contribution in [1.82, 2.24) is 4.57 Å². The van der Waals surface area contributed by atoms with Crippen molar-refractivity contribution in [2.45, 2.75) is 11.5 Å². The normalized spacial score (nSPS) is 11.3. The largest absolute Gasteiger partial charge is 0.432 e. The fraction of sp³-hybridized carbons (Fsp3) is 0.125. The maximum absolute atomic E-state index is 14.0. The molecule has 3 aromatic rings. The molecule has 0 spiro atoms. The Balaban J connectivity index is 1.83. The summed E-state index contributed by atoms with van der Waals surface area (Å²) in [5.74, 6) is -2.84. The lowest BCUT2D eigenvalue weighted by atomic mass is 10.2. The lowest BCUT2D eigenvalue weighted by Crippen LogP contribution is -2.05. The van der Waals surface area contributed by atoms with Crippen molar-refractivity contribution < 1.29 is 22.3 Å². The number of anilines is 1. The van der Waals surface area contributed by atoms with Crippen molar-refractivity contribution in [3.63, 3.8) is 0 Å². The summed E-state index contributed by atoms with van der Waals surface area (Å²) in [6.07, 6.45) is 1.81. The number of hydrogen-bond acceptors (Lipinski definition) is 3. The Kier molecular flexibility index (Phi) is 5.01. The van der Waals surface area contributed by atoms with Crippen molar-refractivity contribution in [3.05, 3.63) is 53.2 Å². The third-order valence-electron chi connectivity index (χ3n) is 3.42. The van der Waals surface area contributed by atoms with Crippen LogP contribution in [0.25, 0.3) is 10.9 Å². The lowest BCUT2D eigenvalue weighted by Gasteiger charge is -2.10. The number of rotatable bonds is 5. The summed E-state index contributed by atoms with van der Waals surface area (Å²) in [6.45, 7) is -3.23. The van der Waals surface area contributed by atoms with E-state index in [2.05, 4.69) is 9.46 Å². The third kappa shape index (κ3) is 3.80. The molecule has 0 aliphatic heterocycles. The molecule has 132 valence electrons. The van der Waals surface area contributed by atoms with Crippen LogP contribution in [0, 0.1) is 11.6 Å². The number of hydrogen-bond donors (Lipinski definition) is 1. The van der Waals surface area contributed by atoms with Gasteiger partial charge in [-0.1, -0.05) is 17.7 Å². The standard InChI is InChI=1S/C16H11ClF4N2OS/c1-23-7-15(9-3-2-8(17)4-13(9)23)25-22-12-5-11(19)14(6-10(12)18)24-16(20)21/h2-7,16,22H,1H3. The van der Waals surface area contributed by atoms with Crippen LogP contribution in [-0.4, -0.2) is 11.2 Å². The van der Waals surface area contributed by atoms with Crippen LogP contribution < -0.4 is 9.46 Å². The molecule has 1 heterocycles. The fourth-order valence-electron chi connectivity index (χ4n) is 2.30. The van der Waals surface area contributed by atoms with E-state index in [1.165, 1.54) is 0 Å². The number of aromatic nitrogens is 1. The minimum Gasteiger partial charge on any atom is -0.432 e. The molecule has 1 N–H and O–H groups in total. The summed E-state index contributed by atoms with van der Waals surface area (Å²) in [4.78, 5) is 0.766. The third-order valence-corrected chi connectivity index (χ3v) is 4.53. The molecule has 2 aromatic carbocycles. The summed E-state index contributed by atoms with van der Waals surface area (Å²) in [6, 6.07) is 6.68. The highest BCUT2D eigenvalue weighted by molar-refractivity contribution is 8.00. The SMILES string of the molecule is Cn1cc(SNc2cc(F)c(OC(F)F)cc2F)c2ccc(Cl)cc21. The Bertz CT molecular complexity index is 932. The summed E-state index contributed by atoms with van der Waals surface area (Å²) in [5, 5.41) is 1.46. The smallest absolute Gasteiger partial charge is 0.387 e. The van der Waals surface area contributed by atoms with Crippen LogP contribution >= 0.6 is 23.5 Å². The van der Waals surface area contributed by atoms with E-state index in [0.717, 1.165) is 33.8 Å². The van der Waals surface area contributed by atoms with Crippen molar-refractivity contribution in [2.24, 2.45) is 7.05 Å². The molecule has 0 atom stereocenters. The van der Waals surface area contributed by atoms with Gasteiger partial charge in [-0.2, -0.15) is 8.78 Å². The minimum absolute atomic E-state index is 0.185. The van der Waals surface area contributed by atoms with Gasteiger partial charge < -0.3 is 14.0 Å². The van der Waals surface area contributed by atoms with Crippen molar-refractivity contribution in [3.8, 4) is 5.75 Å². The Morgan fingerprint density at radius 2 is 1.92 bits per heavy atom. The van der Waals surface area contributed by atoms with E-state index in [-0.39, 0.29) is 5.69 Å². The molecule has 3 rings (SSSR count). The van der Waals surface area contributed by atoms with Gasteiger partial charge in [-0.15, -0.1) is 0 Å². The zero-order valence-corrected chi connectivity index (χ0v) is 14.3. The number of nitrogens with zero attached hydrogens (tertiary/aromatic N) is 1. The number of aryl methyl sites for hydroxylation is 1. The topological polar surface area (TPSA) is 26.2 Å². The molecule has 0 fully saturated rings. The number of ether oxygens (including phenoxy) is 1. The molecule has 3 nitrogen and oxygen atoms in total. The van der Waals surface area contributed by atoms with E-state index < -0.39 is 24.0 Å². The van der Waals surface area contributed by atoms with Gasteiger partial charge in [0.1, 0.15) is 0 Å². The van der Waals surface area contributed by atoms with Crippen LogP contribution in [0.15, 0.2) is 41.4 Å². The monoisotopic (exact) mass is 390 g/mol. The Morgan fingerprint density at radius 1 is 1.16 bits per heavy atom. The average Bonchev–Trinajstić information content (AvgIpc) is 2.84. The number of nitrogens with one attached hydrogen (secondary N) is 1. The molecule has 0 bridgehead atoms. The maximum Gasteiger partial charge on any atom is 0.387 e. The van der Waals surface area contributed by atoms with E-state index in [0.29, 0.717) is 11.1 Å². The van der Waals surface area contributed by atoms with Gasteiger partial charge >= 0.3 is 6.61 Å². The average molecular weight is 391 g/mol. The van der Waals surface area contributed by atoms with Gasteiger partial charge in [0.25, 0.3) is 0 Å². The first kappa shape index (κ1) is 17.8. The minimum atomic E-state index is -3.23. The fourth-order valence-corrected chi connectivity index (χ4v) is 3.34. The van der Waals surface area contributed by atoms with Crippen LogP contribution in [0.3, 0.4) is 0 Å². The van der Waals surface area contributed by atoms with Gasteiger partial charge in [0.2, 0.25) is 0 Å². The second-order valence-corrected chi connectivity index (χ2v) is 6.40. The highest BCUT2D eigenvalue weighted by Gasteiger charge is 2.15. The number of fused-ring (bicyclic) bond motifs is 1. The zero-order valence-electron chi connectivity index (χ0n) is 12.7. The quantitative estimate of drug-likeness (QED) is 0.438. The predicted octanol–water partition coefficient (Wildman–Crippen LogP) is 5.83. The molecule has 25 heavy (non-hydrogen) atoms. The Hall–Kier alpha value is -2.06. The van der Waals surface area contributed by atoms with Gasteiger partial charge in [0, 0.05) is 35.8 Å². The maximum atomic E-state index is 14.0. The lowest BCUT2D eigenvalue weighted by molar-refractivity contribution is -0.0523. The summed E-state index contributed by atoms with van der Waals surface area (Å²) in [5.41, 5.74) is 0.694. The van der Waals surface area contributed by atoms with E-state index in [9.17, 15) is 17.6 Å². The zero-order chi connectivity index (χ0) is 18.1. The molecule has 0 aliphatic rings.